The summed E-state index contributed by atoms with van der Waals surface area (Å²) in [6, 6.07) is 0. The van der Waals surface area contributed by atoms with Gasteiger partial charge in [0.2, 0.25) is 0 Å². The van der Waals surface area contributed by atoms with Crippen LogP contribution in [0.15, 0.2) is 0 Å². The summed E-state index contributed by atoms with van der Waals surface area (Å²) in [5, 5.41) is 7.73. The Morgan fingerprint density at radius 1 is 1.58 bits per heavy atom. The average molecular weight is 170 g/mol. The van der Waals surface area contributed by atoms with E-state index in [1.165, 1.54) is 12.8 Å². The van der Waals surface area contributed by atoms with Crippen molar-refractivity contribution in [2.24, 2.45) is 5.92 Å². The maximum Gasteiger partial charge on any atom is 0.0986 e. The first-order valence-corrected chi connectivity index (χ1v) is 4.54. The first-order valence-electron chi connectivity index (χ1n) is 4.54. The van der Waals surface area contributed by atoms with E-state index in [0.29, 0.717) is 5.92 Å². The van der Waals surface area contributed by atoms with Crippen LogP contribution in [0, 0.1) is 11.3 Å². The van der Waals surface area contributed by atoms with E-state index in [0.717, 1.165) is 25.4 Å². The van der Waals surface area contributed by atoms with Crippen LogP contribution in [0.2, 0.25) is 0 Å². The fourth-order valence-electron chi connectivity index (χ4n) is 1.23. The summed E-state index contributed by atoms with van der Waals surface area (Å²) in [6.07, 6.45) is 3.45. The van der Waals surface area contributed by atoms with Crippen LogP contribution in [-0.4, -0.2) is 38.0 Å². The molecule has 0 amide bonds. The lowest BCUT2D eigenvalue weighted by Crippen LogP contribution is -2.28. The van der Waals surface area contributed by atoms with Crippen molar-refractivity contribution in [3.05, 3.63) is 0 Å². The molecule has 3 heteroatoms. The van der Waals surface area contributed by atoms with Crippen molar-refractivity contribution in [2.75, 3.05) is 27.3 Å². The van der Waals surface area contributed by atoms with Gasteiger partial charge in [0.15, 0.2) is 0 Å². The lowest BCUT2D eigenvalue weighted by Gasteiger charge is -2.19. The van der Waals surface area contributed by atoms with E-state index in [4.69, 9.17) is 10.1 Å². The van der Waals surface area contributed by atoms with Gasteiger partial charge in [-0.25, -0.2) is 0 Å². The maximum atomic E-state index is 7.73. The fraction of sp³-hybridized carbons (Fsp3) is 0.889. The molecular weight excluding hydrogens is 152 g/mol. The largest absolute Gasteiger partial charge is 0.385 e. The number of hydrogen-bond donors (Lipinski definition) is 1. The summed E-state index contributed by atoms with van der Waals surface area (Å²) in [7, 11) is 3.71. The second-order valence-electron chi connectivity index (χ2n) is 3.43. The molecule has 0 bridgehead atoms. The zero-order valence-electron chi connectivity index (χ0n) is 7.97. The molecule has 12 heavy (non-hydrogen) atoms. The monoisotopic (exact) mass is 170 g/mol. The van der Waals surface area contributed by atoms with Crippen LogP contribution in [0.3, 0.4) is 0 Å². The molecule has 0 aromatic carbocycles. The smallest absolute Gasteiger partial charge is 0.0986 e. The zero-order valence-corrected chi connectivity index (χ0v) is 7.97. The van der Waals surface area contributed by atoms with Gasteiger partial charge in [-0.3, -0.25) is 5.41 Å². The Balaban J connectivity index is 2.09. The van der Waals surface area contributed by atoms with Gasteiger partial charge < -0.3 is 9.64 Å². The number of nitrogens with one attached hydrogen (secondary N) is 1. The molecule has 3 nitrogen and oxygen atoms in total. The highest BCUT2D eigenvalue weighted by Gasteiger charge is 2.28. The van der Waals surface area contributed by atoms with Gasteiger partial charge in [0, 0.05) is 33.2 Å². The predicted molar refractivity (Wildman–Crippen MR) is 49.6 cm³/mol. The van der Waals surface area contributed by atoms with E-state index in [2.05, 4.69) is 0 Å². The summed E-state index contributed by atoms with van der Waals surface area (Å²) in [5.41, 5.74) is 0. The fourth-order valence-corrected chi connectivity index (χ4v) is 1.23. The molecule has 70 valence electrons. The van der Waals surface area contributed by atoms with Crippen LogP contribution in [-0.2, 0) is 4.74 Å². The van der Waals surface area contributed by atoms with Crippen LogP contribution in [0.4, 0.5) is 0 Å². The lowest BCUT2D eigenvalue weighted by molar-refractivity contribution is 0.188. The van der Waals surface area contributed by atoms with Gasteiger partial charge in [-0.2, -0.15) is 0 Å². The SMILES string of the molecule is COCCCN(C)C(=N)C1CC1. The minimum atomic E-state index is 0.567. The van der Waals surface area contributed by atoms with E-state index in [-0.39, 0.29) is 0 Å². The molecule has 1 N–H and O–H groups in total. The van der Waals surface area contributed by atoms with Crippen molar-refractivity contribution < 1.29 is 4.74 Å². The third-order valence-corrected chi connectivity index (χ3v) is 2.22. The summed E-state index contributed by atoms with van der Waals surface area (Å²) in [4.78, 5) is 2.04. The third kappa shape index (κ3) is 2.81. The predicted octanol–water partition coefficient (Wildman–Crippen LogP) is 1.34. The molecule has 1 rings (SSSR count). The van der Waals surface area contributed by atoms with E-state index in [1.54, 1.807) is 7.11 Å². The Bertz CT molecular complexity index is 155. The first kappa shape index (κ1) is 9.52. The van der Waals surface area contributed by atoms with Crippen molar-refractivity contribution in [1.29, 1.82) is 5.41 Å². The van der Waals surface area contributed by atoms with Crippen molar-refractivity contribution in [1.82, 2.24) is 4.90 Å². The van der Waals surface area contributed by atoms with E-state index in [9.17, 15) is 0 Å². The number of ether oxygens (including phenoxy) is 1. The molecule has 1 fully saturated rings. The summed E-state index contributed by atoms with van der Waals surface area (Å²) in [6.45, 7) is 1.74. The second kappa shape index (κ2) is 4.45. The van der Waals surface area contributed by atoms with E-state index >= 15 is 0 Å². The Labute approximate surface area is 74.2 Å². The van der Waals surface area contributed by atoms with Crippen LogP contribution in [0.25, 0.3) is 0 Å². The lowest BCUT2D eigenvalue weighted by atomic mass is 10.3. The molecule has 0 atom stereocenters. The van der Waals surface area contributed by atoms with Crippen molar-refractivity contribution in [3.63, 3.8) is 0 Å². The van der Waals surface area contributed by atoms with Crippen LogP contribution >= 0.6 is 0 Å². The normalized spacial score (nSPS) is 16.2. The summed E-state index contributed by atoms with van der Waals surface area (Å²) < 4.78 is 4.95. The van der Waals surface area contributed by atoms with Gasteiger partial charge in [-0.05, 0) is 19.3 Å². The molecule has 0 heterocycles. The molecular formula is C9H18N2O. The highest BCUT2D eigenvalue weighted by Crippen LogP contribution is 2.30. The van der Waals surface area contributed by atoms with Gasteiger partial charge in [-0.15, -0.1) is 0 Å². The average Bonchev–Trinajstić information content (AvgIpc) is 2.86. The Hall–Kier alpha value is -0.570. The molecule has 0 aromatic rings. The number of rotatable bonds is 5. The number of amidine groups is 1. The Kier molecular flexibility index (Phi) is 3.53. The molecule has 1 aliphatic carbocycles. The van der Waals surface area contributed by atoms with Gasteiger partial charge >= 0.3 is 0 Å². The van der Waals surface area contributed by atoms with Crippen LogP contribution < -0.4 is 0 Å². The Morgan fingerprint density at radius 3 is 2.75 bits per heavy atom. The molecule has 0 saturated heterocycles. The number of hydrogen-bond acceptors (Lipinski definition) is 2. The Morgan fingerprint density at radius 2 is 2.25 bits per heavy atom. The minimum absolute atomic E-state index is 0.567. The number of methoxy groups -OCH3 is 1. The summed E-state index contributed by atoms with van der Waals surface area (Å²) in [5.74, 6) is 1.38. The van der Waals surface area contributed by atoms with E-state index < -0.39 is 0 Å². The van der Waals surface area contributed by atoms with Gasteiger partial charge in [0.25, 0.3) is 0 Å². The van der Waals surface area contributed by atoms with Crippen molar-refractivity contribution >= 4 is 5.84 Å². The summed E-state index contributed by atoms with van der Waals surface area (Å²) >= 11 is 0. The highest BCUT2D eigenvalue weighted by atomic mass is 16.5. The molecule has 0 aliphatic heterocycles. The molecule has 1 saturated carbocycles. The van der Waals surface area contributed by atoms with E-state index in [1.807, 2.05) is 11.9 Å². The topological polar surface area (TPSA) is 36.3 Å². The van der Waals surface area contributed by atoms with Gasteiger partial charge in [0.1, 0.15) is 0 Å². The van der Waals surface area contributed by atoms with Crippen molar-refractivity contribution in [2.45, 2.75) is 19.3 Å². The van der Waals surface area contributed by atoms with Crippen LogP contribution in [0.5, 0.6) is 0 Å². The maximum absolute atomic E-state index is 7.73. The van der Waals surface area contributed by atoms with Gasteiger partial charge in [0.05, 0.1) is 5.84 Å². The minimum Gasteiger partial charge on any atom is -0.385 e. The van der Waals surface area contributed by atoms with Crippen LogP contribution in [0.1, 0.15) is 19.3 Å². The molecule has 0 aromatic heterocycles. The third-order valence-electron chi connectivity index (χ3n) is 2.22. The first-order chi connectivity index (χ1) is 5.75. The molecule has 0 spiro atoms. The molecule has 0 unspecified atom stereocenters. The number of nitrogens with zero attached hydrogens (tertiary/aromatic N) is 1. The zero-order chi connectivity index (χ0) is 8.97. The molecule has 0 radical (unpaired) electrons. The second-order valence-corrected chi connectivity index (χ2v) is 3.43. The quantitative estimate of drug-likeness (QED) is 0.384. The molecule has 1 aliphatic rings. The van der Waals surface area contributed by atoms with Gasteiger partial charge in [-0.1, -0.05) is 0 Å². The standard InChI is InChI=1S/C9H18N2O/c1-11(6-3-7-12-2)9(10)8-4-5-8/h8,10H,3-7H2,1-2H3. The van der Waals surface area contributed by atoms with Crippen molar-refractivity contribution in [3.8, 4) is 0 Å². The highest BCUT2D eigenvalue weighted by molar-refractivity contribution is 5.83.